The van der Waals surface area contributed by atoms with Crippen LogP contribution in [0.25, 0.3) is 174 Å². The first-order valence-electron chi connectivity index (χ1n) is 40.9. The first-order valence-corrected chi connectivity index (χ1v) is 40.9. The summed E-state index contributed by atoms with van der Waals surface area (Å²) >= 11 is 0. The van der Waals surface area contributed by atoms with Gasteiger partial charge in [-0.15, -0.1) is 0 Å². The number of benzene rings is 16. The lowest BCUT2D eigenvalue weighted by Gasteiger charge is -2.24. The topological polar surface area (TPSA) is 52.4 Å². The van der Waals surface area contributed by atoms with Gasteiger partial charge >= 0.3 is 0 Å². The van der Waals surface area contributed by atoms with Gasteiger partial charge in [0.25, 0.3) is 26.9 Å². The zero-order chi connectivity index (χ0) is 77.3. The van der Waals surface area contributed by atoms with Crippen molar-refractivity contribution < 1.29 is 37.2 Å². The molecule has 8 aliphatic rings. The van der Waals surface area contributed by atoms with Crippen molar-refractivity contribution in [3.05, 3.63) is 336 Å². The number of nitrogens with zero attached hydrogens (tertiary/aromatic N) is 4. The molecule has 0 spiro atoms. The van der Waals surface area contributed by atoms with E-state index in [2.05, 4.69) is 365 Å². The second-order valence-electron chi connectivity index (χ2n) is 35.3. The molecule has 0 amide bonds. The third kappa shape index (κ3) is 9.81. The van der Waals surface area contributed by atoms with Crippen molar-refractivity contribution in [1.82, 2.24) is 0 Å². The highest BCUT2D eigenvalue weighted by atomic mass is 16.5. The van der Waals surface area contributed by atoms with Crippen molar-refractivity contribution in [2.24, 2.45) is 0 Å². The Morgan fingerprint density at radius 3 is 0.967 bits per heavy atom. The van der Waals surface area contributed by atoms with Crippen LogP contribution in [0.4, 0.5) is 0 Å². The van der Waals surface area contributed by atoms with E-state index >= 15 is 0 Å². The highest BCUT2D eigenvalue weighted by molar-refractivity contribution is 6.19. The highest BCUT2D eigenvalue weighted by Gasteiger charge is 2.53. The molecule has 4 aliphatic carbocycles. The molecule has 0 radical (unpaired) electrons. The molecule has 8 heterocycles. The molecule has 4 aromatic heterocycles. The Morgan fingerprint density at radius 2 is 0.550 bits per heavy atom. The predicted molar refractivity (Wildman–Crippen MR) is 496 cm³/mol. The Balaban J connectivity index is 0.0000000983. The second kappa shape index (κ2) is 26.0. The van der Waals surface area contributed by atoms with E-state index in [1.807, 2.05) is 0 Å². The molecule has 120 heavy (non-hydrogen) atoms. The average Bonchev–Trinajstić information content (AvgIpc) is 1.53. The van der Waals surface area contributed by atoms with Crippen molar-refractivity contribution in [3.8, 4) is 68.0 Å². The largest absolute Gasteiger partial charge is 0.435 e. The van der Waals surface area contributed by atoms with Crippen molar-refractivity contribution in [2.45, 2.75) is 134 Å². The maximum Gasteiger partial charge on any atom is 0.293 e. The Bertz CT molecular complexity index is 7750. The fraction of sp³-hybridized carbons (Fsp3) is 0.179. The first-order chi connectivity index (χ1) is 56.6. The Kier molecular flexibility index (Phi) is 16.0. The standard InChI is InChI=1S/C31H22NO.2C27H20NO.C23H18NO.4CH4/c1-31(2)24-14-22-13-19-8-3-4-9-20(19)15-25(22)32-17-33-26-16-21-12-11-18-7-5-6-10-23(18)27(21)29(31)28(26)30(24)32;2*1-27(2)24-20-10-6-4-8-18(20)14-28-15-29-21-13-17-12-11-16-7-3-5-9-19(16)22(17)25(27)23(21)26(24)28;1-23(2)17-8-5-11-24-13-25-18-12-15-10-9-14-6-3-4-7-16(14)19(15)21(23)20(18)22(17)24;;;;/h3-16H,17H2,1-2H3;2*3-14H,15H2,1-2H3;3-12H,13H2,1-2H3;4*1H4/q4*+1;;;;. The molecule has 584 valence electrons. The average molecular weight is 1560 g/mol. The van der Waals surface area contributed by atoms with Crippen LogP contribution in [0.2, 0.25) is 0 Å². The van der Waals surface area contributed by atoms with Crippen molar-refractivity contribution in [3.63, 3.8) is 0 Å². The maximum absolute atomic E-state index is 6.46. The van der Waals surface area contributed by atoms with Gasteiger partial charge in [-0.05, 0) is 185 Å². The van der Waals surface area contributed by atoms with Gasteiger partial charge in [-0.3, -0.25) is 0 Å². The van der Waals surface area contributed by atoms with Gasteiger partial charge in [0.2, 0.25) is 28.3 Å². The Hall–Kier alpha value is -13.6. The predicted octanol–water partition coefficient (Wildman–Crippen LogP) is 26.9. The maximum atomic E-state index is 6.46. The summed E-state index contributed by atoms with van der Waals surface area (Å²) in [5.74, 6) is 4.07. The SMILES string of the molecule is C.C.C.C.CC1(C)c2c3[n+](cc4ccccc24)COc2cc4ccc5ccccc5c4c1c2-3.CC1(C)c2c3[n+](cc4ccccc24)COc2cc4ccc5ccccc5c4c1c2-3.CC1(C)c2cc3cc4ccccc4cc3[n+]3c2-c2c(cc4ccc5ccccc5c4c21)OC3.CC1(C)c2ccc[n+]3c2-c2c(cc4ccc5ccccc5c4c21)OC3. The molecule has 16 aromatic carbocycles. The van der Waals surface area contributed by atoms with Gasteiger partial charge in [0.15, 0.2) is 18.6 Å². The summed E-state index contributed by atoms with van der Waals surface area (Å²) in [5.41, 5.74) is 22.6. The number of hydrogen-bond donors (Lipinski definition) is 0. The number of fused-ring (bicyclic) bond motifs is 23. The Morgan fingerprint density at radius 1 is 0.233 bits per heavy atom. The monoisotopic (exact) mass is 1560 g/mol. The fourth-order valence-corrected chi connectivity index (χ4v) is 22.7. The number of pyridine rings is 4. The van der Waals surface area contributed by atoms with Crippen LogP contribution in [0.5, 0.6) is 23.0 Å². The minimum Gasteiger partial charge on any atom is -0.435 e. The van der Waals surface area contributed by atoms with Crippen LogP contribution < -0.4 is 37.2 Å². The van der Waals surface area contributed by atoms with Crippen LogP contribution in [0.3, 0.4) is 0 Å². The molecule has 0 bridgehead atoms. The van der Waals surface area contributed by atoms with Gasteiger partial charge < -0.3 is 18.9 Å². The van der Waals surface area contributed by atoms with Crippen molar-refractivity contribution >= 4 is 129 Å². The summed E-state index contributed by atoms with van der Waals surface area (Å²) in [6.07, 6.45) is 6.62. The van der Waals surface area contributed by atoms with Crippen molar-refractivity contribution in [2.75, 3.05) is 0 Å². The lowest BCUT2D eigenvalue weighted by atomic mass is 9.78. The molecular formula is C112H96N4O4+4. The molecule has 0 N–H and O–H groups in total. The highest BCUT2D eigenvalue weighted by Crippen LogP contribution is 2.62. The number of rotatable bonds is 0. The molecule has 8 nitrogen and oxygen atoms in total. The van der Waals surface area contributed by atoms with E-state index in [-0.39, 0.29) is 51.4 Å². The molecular weight excluding hydrogens is 1470 g/mol. The van der Waals surface area contributed by atoms with E-state index < -0.39 is 0 Å². The van der Waals surface area contributed by atoms with Gasteiger partial charge in [0.1, 0.15) is 23.0 Å². The van der Waals surface area contributed by atoms with Gasteiger partial charge in [-0.2, -0.15) is 18.3 Å². The summed E-state index contributed by atoms with van der Waals surface area (Å²) in [4.78, 5) is 0. The van der Waals surface area contributed by atoms with Crippen LogP contribution in [-0.4, -0.2) is 0 Å². The first kappa shape index (κ1) is 74.0. The molecule has 0 saturated heterocycles. The molecule has 20 aromatic rings. The molecule has 0 atom stereocenters. The van der Waals surface area contributed by atoms with Crippen LogP contribution in [0.15, 0.2) is 292 Å². The summed E-state index contributed by atoms with van der Waals surface area (Å²) in [6, 6.07) is 99.4. The van der Waals surface area contributed by atoms with Gasteiger partial charge in [0.05, 0.1) is 22.3 Å². The third-order valence-corrected chi connectivity index (χ3v) is 27.6. The number of ether oxygens (including phenoxy) is 4. The van der Waals surface area contributed by atoms with Gasteiger partial charge in [-0.1, -0.05) is 291 Å². The lowest BCUT2D eigenvalue weighted by Crippen LogP contribution is -2.42. The van der Waals surface area contributed by atoms with E-state index in [9.17, 15) is 0 Å². The zero-order valence-corrected chi connectivity index (χ0v) is 66.0. The van der Waals surface area contributed by atoms with E-state index in [0.29, 0.717) is 26.9 Å². The van der Waals surface area contributed by atoms with Crippen molar-refractivity contribution in [1.29, 1.82) is 0 Å². The summed E-state index contributed by atoms with van der Waals surface area (Å²) in [7, 11) is 0. The van der Waals surface area contributed by atoms with Crippen LogP contribution in [0, 0.1) is 0 Å². The molecule has 0 fully saturated rings. The van der Waals surface area contributed by atoms with E-state index in [4.69, 9.17) is 18.9 Å². The lowest BCUT2D eigenvalue weighted by molar-refractivity contribution is -0.717. The van der Waals surface area contributed by atoms with Crippen LogP contribution in [-0.2, 0) is 48.6 Å². The molecule has 4 aliphatic heterocycles. The van der Waals surface area contributed by atoms with Crippen LogP contribution in [0.1, 0.15) is 130 Å². The molecule has 28 rings (SSSR count). The third-order valence-electron chi connectivity index (χ3n) is 27.6. The van der Waals surface area contributed by atoms with E-state index in [1.165, 1.54) is 219 Å². The summed E-state index contributed by atoms with van der Waals surface area (Å²) in [6.45, 7) is 21.2. The quantitative estimate of drug-likeness (QED) is 0.0862. The minimum absolute atomic E-state index is 0. The minimum atomic E-state index is -0.127. The van der Waals surface area contributed by atoms with E-state index in [0.717, 1.165) is 23.0 Å². The Labute approximate surface area is 699 Å². The molecule has 0 unspecified atom stereocenters. The smallest absolute Gasteiger partial charge is 0.293 e. The summed E-state index contributed by atoms with van der Waals surface area (Å²) < 4.78 is 34.4. The van der Waals surface area contributed by atoms with E-state index in [1.54, 1.807) is 0 Å². The second-order valence-corrected chi connectivity index (χ2v) is 35.3. The summed E-state index contributed by atoms with van der Waals surface area (Å²) in [5, 5.41) is 30.0. The zero-order valence-electron chi connectivity index (χ0n) is 66.0. The number of aromatic nitrogens is 4. The number of hydrogen-bond acceptors (Lipinski definition) is 4. The fourth-order valence-electron chi connectivity index (χ4n) is 22.7. The van der Waals surface area contributed by atoms with Gasteiger partial charge in [0, 0.05) is 72.2 Å². The molecule has 8 heteroatoms. The van der Waals surface area contributed by atoms with Crippen LogP contribution >= 0.6 is 0 Å². The normalized spacial score (nSPS) is 15.1. The molecule has 0 saturated carbocycles. The van der Waals surface area contributed by atoms with Gasteiger partial charge in [-0.25, -0.2) is 0 Å².